The number of hydrogen-bond acceptors (Lipinski definition) is 3. The molecule has 2 aromatic carbocycles. The van der Waals surface area contributed by atoms with Gasteiger partial charge in [0.15, 0.2) is 6.29 Å². The molecular formula is C30H41N3O. The van der Waals surface area contributed by atoms with Crippen LogP contribution >= 0.6 is 0 Å². The molecule has 3 rings (SSSR count). The largest absolute Gasteiger partial charge is 0.296 e. The summed E-state index contributed by atoms with van der Waals surface area (Å²) < 4.78 is 1.72. The number of aldehydes is 1. The van der Waals surface area contributed by atoms with Gasteiger partial charge in [0.1, 0.15) is 5.69 Å². The average molecular weight is 460 g/mol. The number of rotatable bonds is 8. The van der Waals surface area contributed by atoms with Crippen LogP contribution in [-0.4, -0.2) is 16.1 Å². The van der Waals surface area contributed by atoms with Crippen LogP contribution in [0.15, 0.2) is 54.6 Å². The Kier molecular flexibility index (Phi) is 13.2. The summed E-state index contributed by atoms with van der Waals surface area (Å²) in [7, 11) is 0. The van der Waals surface area contributed by atoms with Crippen molar-refractivity contribution in [3.63, 3.8) is 0 Å². The lowest BCUT2D eigenvalue weighted by Crippen LogP contribution is -1.99. The van der Waals surface area contributed by atoms with Crippen LogP contribution in [0.2, 0.25) is 0 Å². The second kappa shape index (κ2) is 15.6. The molecule has 34 heavy (non-hydrogen) atoms. The first kappa shape index (κ1) is 28.8. The lowest BCUT2D eigenvalue weighted by Gasteiger charge is -2.10. The van der Waals surface area contributed by atoms with Crippen molar-refractivity contribution >= 4 is 6.29 Å². The topological polar surface area (TPSA) is 58.7 Å². The Morgan fingerprint density at radius 3 is 2.09 bits per heavy atom. The number of benzene rings is 2. The van der Waals surface area contributed by atoms with Crippen LogP contribution in [0.3, 0.4) is 0 Å². The first-order valence-electron chi connectivity index (χ1n) is 12.5. The fourth-order valence-corrected chi connectivity index (χ4v) is 3.52. The number of hydrogen-bond donors (Lipinski definition) is 0. The van der Waals surface area contributed by atoms with E-state index in [1.54, 1.807) is 22.9 Å². The van der Waals surface area contributed by atoms with Crippen LogP contribution in [0, 0.1) is 30.1 Å². The number of nitrogens with zero attached hydrogens (tertiary/aromatic N) is 3. The maximum absolute atomic E-state index is 11.1. The highest BCUT2D eigenvalue weighted by Crippen LogP contribution is 2.24. The summed E-state index contributed by atoms with van der Waals surface area (Å²) in [5.74, 6) is 1.84. The molecule has 0 fully saturated rings. The van der Waals surface area contributed by atoms with Gasteiger partial charge in [0.05, 0.1) is 23.0 Å². The number of carbonyl (C=O) groups is 1. The number of carbonyl (C=O) groups excluding carboxylic acids is 1. The Balaban J connectivity index is 0.000000409. The quantitative estimate of drug-likeness (QED) is 0.318. The first-order chi connectivity index (χ1) is 16.4. The van der Waals surface area contributed by atoms with Crippen LogP contribution in [-0.2, 0) is 0 Å². The summed E-state index contributed by atoms with van der Waals surface area (Å²) in [5, 5.41) is 13.2. The molecule has 1 unspecified atom stereocenters. The van der Waals surface area contributed by atoms with Gasteiger partial charge in [-0.15, -0.1) is 0 Å². The van der Waals surface area contributed by atoms with Crippen molar-refractivity contribution in [3.8, 4) is 23.0 Å². The molecule has 182 valence electrons. The zero-order chi connectivity index (χ0) is 25.5. The molecule has 1 heterocycles. The summed E-state index contributed by atoms with van der Waals surface area (Å²) in [6.45, 7) is 15.3. The molecule has 1 aromatic heterocycles. The van der Waals surface area contributed by atoms with Gasteiger partial charge in [-0.1, -0.05) is 97.1 Å². The maximum atomic E-state index is 11.1. The monoisotopic (exact) mass is 459 g/mol. The van der Waals surface area contributed by atoms with Crippen LogP contribution in [0.25, 0.3) is 16.9 Å². The second-order valence-electron chi connectivity index (χ2n) is 8.87. The minimum absolute atomic E-state index is 0.375. The predicted molar refractivity (Wildman–Crippen MR) is 143 cm³/mol. The molecule has 4 nitrogen and oxygen atoms in total. The zero-order valence-corrected chi connectivity index (χ0v) is 22.0. The van der Waals surface area contributed by atoms with Crippen molar-refractivity contribution in [1.29, 1.82) is 5.26 Å². The molecule has 0 saturated carbocycles. The Bertz CT molecular complexity index is 1010. The van der Waals surface area contributed by atoms with Crippen LogP contribution < -0.4 is 0 Å². The Labute approximate surface area is 206 Å². The third-order valence-electron chi connectivity index (χ3n) is 5.46. The molecule has 1 atom stereocenters. The van der Waals surface area contributed by atoms with Crippen molar-refractivity contribution in [2.75, 3.05) is 0 Å². The average Bonchev–Trinajstić information content (AvgIpc) is 3.30. The van der Waals surface area contributed by atoms with Gasteiger partial charge in [-0.05, 0) is 49.1 Å². The molecule has 4 heteroatoms. The third-order valence-corrected chi connectivity index (χ3v) is 5.46. The third kappa shape index (κ3) is 9.35. The van der Waals surface area contributed by atoms with Crippen molar-refractivity contribution < 1.29 is 4.79 Å². The van der Waals surface area contributed by atoms with Gasteiger partial charge in [0, 0.05) is 5.56 Å². The van der Waals surface area contributed by atoms with Gasteiger partial charge in [-0.25, -0.2) is 4.68 Å². The van der Waals surface area contributed by atoms with Gasteiger partial charge in [-0.3, -0.25) is 4.79 Å². The van der Waals surface area contributed by atoms with Crippen molar-refractivity contribution in [2.45, 2.75) is 74.1 Å². The number of nitriles is 1. The number of aryl methyl sites for hydroxylation is 1. The lowest BCUT2D eigenvalue weighted by atomic mass is 9.96. The molecular weight excluding hydrogens is 418 g/mol. The fourth-order valence-electron chi connectivity index (χ4n) is 3.52. The van der Waals surface area contributed by atoms with E-state index in [0.717, 1.165) is 35.1 Å². The molecule has 0 aliphatic rings. The summed E-state index contributed by atoms with van der Waals surface area (Å²) in [4.78, 5) is 11.1. The zero-order valence-electron chi connectivity index (χ0n) is 22.0. The highest BCUT2D eigenvalue weighted by atomic mass is 16.1. The van der Waals surface area contributed by atoms with E-state index in [9.17, 15) is 4.79 Å². The maximum Gasteiger partial charge on any atom is 0.170 e. The Morgan fingerprint density at radius 2 is 1.59 bits per heavy atom. The van der Waals surface area contributed by atoms with E-state index in [1.165, 1.54) is 31.2 Å². The first-order valence-corrected chi connectivity index (χ1v) is 12.5. The summed E-state index contributed by atoms with van der Waals surface area (Å²) in [6.07, 6.45) is 6.32. The van der Waals surface area contributed by atoms with Crippen molar-refractivity contribution in [3.05, 3.63) is 71.4 Å². The van der Waals surface area contributed by atoms with E-state index >= 15 is 0 Å². The van der Waals surface area contributed by atoms with E-state index in [1.807, 2.05) is 57.2 Å². The Hall–Kier alpha value is -3.19. The highest BCUT2D eigenvalue weighted by molar-refractivity contribution is 5.76. The molecule has 0 radical (unpaired) electrons. The number of aromatic nitrogens is 2. The van der Waals surface area contributed by atoms with Gasteiger partial charge in [0.25, 0.3) is 0 Å². The minimum Gasteiger partial charge on any atom is -0.296 e. The normalized spacial score (nSPS) is 10.9. The van der Waals surface area contributed by atoms with E-state index in [2.05, 4.69) is 38.9 Å². The van der Waals surface area contributed by atoms with E-state index in [4.69, 9.17) is 5.26 Å². The van der Waals surface area contributed by atoms with Gasteiger partial charge >= 0.3 is 0 Å². The molecule has 0 bridgehead atoms. The molecule has 0 aliphatic heterocycles. The van der Waals surface area contributed by atoms with E-state index in [-0.39, 0.29) is 0 Å². The molecule has 0 spiro atoms. The van der Waals surface area contributed by atoms with Gasteiger partial charge in [-0.2, -0.15) is 10.4 Å². The molecule has 0 aliphatic carbocycles. The standard InChI is InChI=1S/C18H13N3O.C10H22.C2H6/c1-13-2-6-15(7-3-13)18-10-16(12-22)20-21(18)17-8-4-14(11-19)5-9-17;1-5-6-10(4)8-7-9(2)3;1-2/h2-10,12H,1H3;9-10H,5-8H2,1-4H3;1-2H3. The predicted octanol–water partition coefficient (Wildman–Crippen LogP) is 8.42. The smallest absolute Gasteiger partial charge is 0.170 e. The van der Waals surface area contributed by atoms with Gasteiger partial charge in [0.2, 0.25) is 0 Å². The SMILES string of the molecule is CC.CCCC(C)CCC(C)C.Cc1ccc(-c2cc(C=O)nn2-c2ccc(C#N)cc2)cc1. The second-order valence-corrected chi connectivity index (χ2v) is 8.87. The van der Waals surface area contributed by atoms with Crippen LogP contribution in [0.1, 0.15) is 88.8 Å². The molecule has 0 saturated heterocycles. The van der Waals surface area contributed by atoms with Gasteiger partial charge < -0.3 is 0 Å². The summed E-state index contributed by atoms with van der Waals surface area (Å²) in [5.41, 5.74) is 4.76. The fraction of sp³-hybridized carbons (Fsp3) is 0.433. The molecule has 0 amide bonds. The molecule has 3 aromatic rings. The van der Waals surface area contributed by atoms with E-state index < -0.39 is 0 Å². The summed E-state index contributed by atoms with van der Waals surface area (Å²) in [6, 6.07) is 19.0. The lowest BCUT2D eigenvalue weighted by molar-refractivity contribution is 0.111. The highest BCUT2D eigenvalue weighted by Gasteiger charge is 2.11. The Morgan fingerprint density at radius 1 is 0.971 bits per heavy atom. The van der Waals surface area contributed by atoms with Crippen molar-refractivity contribution in [1.82, 2.24) is 9.78 Å². The van der Waals surface area contributed by atoms with Crippen LogP contribution in [0.4, 0.5) is 0 Å². The van der Waals surface area contributed by atoms with Crippen LogP contribution in [0.5, 0.6) is 0 Å². The summed E-state index contributed by atoms with van der Waals surface area (Å²) >= 11 is 0. The van der Waals surface area contributed by atoms with E-state index in [0.29, 0.717) is 11.3 Å². The van der Waals surface area contributed by atoms with Crippen molar-refractivity contribution in [2.24, 2.45) is 11.8 Å². The molecule has 0 N–H and O–H groups in total. The minimum atomic E-state index is 0.375.